The first-order valence-electron chi connectivity index (χ1n) is 6.99. The van der Waals surface area contributed by atoms with Crippen molar-refractivity contribution < 1.29 is 13.8 Å². The summed E-state index contributed by atoms with van der Waals surface area (Å²) in [4.78, 5) is 14.8. The molecule has 2 bridgehead atoms. The second-order valence-corrected chi connectivity index (χ2v) is 5.76. The number of nitrogens with one attached hydrogen (secondary N) is 1. The van der Waals surface area contributed by atoms with E-state index in [0.29, 0.717) is 6.54 Å². The minimum Gasteiger partial charge on any atom is -0.311 e. The van der Waals surface area contributed by atoms with E-state index >= 15 is 0 Å². The number of aryl methyl sites for hydroxylation is 1. The molecule has 3 fully saturated rings. The summed E-state index contributed by atoms with van der Waals surface area (Å²) in [5, 5.41) is 3.03. The highest BCUT2D eigenvalue weighted by molar-refractivity contribution is 5.90. The smallest absolute Gasteiger partial charge is 0.311 e. The third-order valence-corrected chi connectivity index (χ3v) is 4.47. The number of hydrogen-bond donors (Lipinski definition) is 1. The molecule has 0 radical (unpaired) electrons. The van der Waals surface area contributed by atoms with E-state index in [1.165, 1.54) is 0 Å². The number of piperazine rings is 3. The number of aromatic nitrogens is 1. The van der Waals surface area contributed by atoms with E-state index in [1.807, 2.05) is 36.0 Å². The van der Waals surface area contributed by atoms with Crippen LogP contribution in [0.3, 0.4) is 0 Å². The average Bonchev–Trinajstić information content (AvgIpc) is 2.43. The zero-order chi connectivity index (χ0) is 13.3. The maximum atomic E-state index is 12.3. The summed E-state index contributed by atoms with van der Waals surface area (Å²) >= 11 is 0. The fourth-order valence-corrected chi connectivity index (χ4v) is 3.11. The van der Waals surface area contributed by atoms with Crippen LogP contribution in [-0.4, -0.2) is 61.1 Å². The van der Waals surface area contributed by atoms with Gasteiger partial charge in [0.2, 0.25) is 0 Å². The maximum absolute atomic E-state index is 12.3. The van der Waals surface area contributed by atoms with Gasteiger partial charge in [0, 0.05) is 25.7 Å². The summed E-state index contributed by atoms with van der Waals surface area (Å²) in [6.45, 7) is 7.41. The van der Waals surface area contributed by atoms with Gasteiger partial charge in [0.25, 0.3) is 5.82 Å². The van der Waals surface area contributed by atoms with Gasteiger partial charge in [-0.3, -0.25) is 4.90 Å². The summed E-state index contributed by atoms with van der Waals surface area (Å²) in [7, 11) is 1.95. The van der Waals surface area contributed by atoms with E-state index in [1.54, 1.807) is 0 Å². The molecule has 5 heteroatoms. The Hall–Kier alpha value is -1.46. The number of rotatable bonds is 3. The number of quaternary nitrogens is 1. The molecule has 4 rings (SSSR count). The number of anilines is 1. The van der Waals surface area contributed by atoms with Crippen molar-refractivity contribution in [3.8, 4) is 0 Å². The minimum atomic E-state index is 0.136. The fourth-order valence-electron chi connectivity index (χ4n) is 3.11. The summed E-state index contributed by atoms with van der Waals surface area (Å²) in [6.07, 6.45) is 1.95. The fraction of sp³-hybridized carbons (Fsp3) is 0.571. The van der Waals surface area contributed by atoms with E-state index < -0.39 is 0 Å². The second kappa shape index (κ2) is 4.90. The topological polar surface area (TPSA) is 36.2 Å². The van der Waals surface area contributed by atoms with Crippen molar-refractivity contribution in [1.82, 2.24) is 4.90 Å². The quantitative estimate of drug-likeness (QED) is 0.594. The van der Waals surface area contributed by atoms with Crippen molar-refractivity contribution in [2.45, 2.75) is 0 Å². The van der Waals surface area contributed by atoms with E-state index in [0.717, 1.165) is 49.6 Å². The van der Waals surface area contributed by atoms with Gasteiger partial charge >= 0.3 is 5.91 Å². The van der Waals surface area contributed by atoms with E-state index in [2.05, 4.69) is 10.2 Å². The normalized spacial score (nSPS) is 29.2. The highest BCUT2D eigenvalue weighted by Gasteiger charge is 2.40. The molecule has 3 aliphatic heterocycles. The van der Waals surface area contributed by atoms with Crippen LogP contribution in [0.25, 0.3) is 0 Å². The van der Waals surface area contributed by atoms with Crippen LogP contribution in [0.2, 0.25) is 0 Å². The van der Waals surface area contributed by atoms with Crippen LogP contribution >= 0.6 is 0 Å². The largest absolute Gasteiger partial charge is 0.362 e. The van der Waals surface area contributed by atoms with Gasteiger partial charge in [-0.2, -0.15) is 0 Å². The van der Waals surface area contributed by atoms with Gasteiger partial charge in [-0.05, 0) is 6.07 Å². The van der Waals surface area contributed by atoms with Crippen LogP contribution in [0.15, 0.2) is 24.4 Å². The molecule has 0 unspecified atom stereocenters. The van der Waals surface area contributed by atoms with Crippen LogP contribution in [0.5, 0.6) is 0 Å². The summed E-state index contributed by atoms with van der Waals surface area (Å²) in [5.41, 5.74) is 0. The van der Waals surface area contributed by atoms with Crippen molar-refractivity contribution in [1.29, 1.82) is 0 Å². The molecule has 0 aliphatic carbocycles. The molecular formula is C14H22N4O+2. The molecule has 1 N–H and O–H groups in total. The Kier molecular flexibility index (Phi) is 3.24. The van der Waals surface area contributed by atoms with Crippen molar-refractivity contribution >= 4 is 11.7 Å². The molecule has 0 saturated carbocycles. The molecule has 3 saturated heterocycles. The summed E-state index contributed by atoms with van der Waals surface area (Å²) in [5.74, 6) is 0.999. The van der Waals surface area contributed by atoms with Gasteiger partial charge in [-0.15, -0.1) is 0 Å². The first kappa shape index (κ1) is 12.6. The van der Waals surface area contributed by atoms with E-state index in [9.17, 15) is 4.79 Å². The van der Waals surface area contributed by atoms with Gasteiger partial charge < -0.3 is 4.48 Å². The molecule has 0 aromatic carbocycles. The number of hydrogen-bond acceptors (Lipinski definition) is 2. The first-order valence-corrected chi connectivity index (χ1v) is 6.99. The van der Waals surface area contributed by atoms with Gasteiger partial charge in [0.05, 0.1) is 32.9 Å². The van der Waals surface area contributed by atoms with Crippen molar-refractivity contribution in [3.05, 3.63) is 24.4 Å². The third-order valence-electron chi connectivity index (χ3n) is 4.47. The van der Waals surface area contributed by atoms with Crippen molar-refractivity contribution in [3.63, 3.8) is 0 Å². The highest BCUT2D eigenvalue weighted by Crippen LogP contribution is 2.19. The van der Waals surface area contributed by atoms with Gasteiger partial charge in [-0.1, -0.05) is 6.07 Å². The molecule has 0 atom stereocenters. The van der Waals surface area contributed by atoms with Gasteiger partial charge in [0.1, 0.15) is 0 Å². The lowest BCUT2D eigenvalue weighted by atomic mass is 10.1. The first-order chi connectivity index (χ1) is 9.17. The predicted octanol–water partition coefficient (Wildman–Crippen LogP) is -0.404. The highest BCUT2D eigenvalue weighted by atomic mass is 16.2. The molecule has 0 spiro atoms. The molecule has 1 aromatic heterocycles. The van der Waals surface area contributed by atoms with Crippen LogP contribution in [0, 0.1) is 0 Å². The summed E-state index contributed by atoms with van der Waals surface area (Å²) in [6, 6.07) is 5.84. The van der Waals surface area contributed by atoms with Crippen LogP contribution in [0.4, 0.5) is 5.82 Å². The minimum absolute atomic E-state index is 0.136. The average molecular weight is 262 g/mol. The number of pyridine rings is 1. The Morgan fingerprint density at radius 1 is 1.32 bits per heavy atom. The lowest BCUT2D eigenvalue weighted by Gasteiger charge is -2.49. The number of fused-ring (bicyclic) bond motifs is 3. The Morgan fingerprint density at radius 2 is 2.00 bits per heavy atom. The van der Waals surface area contributed by atoms with Crippen LogP contribution < -0.4 is 9.88 Å². The van der Waals surface area contributed by atoms with Crippen molar-refractivity contribution in [2.24, 2.45) is 7.05 Å². The maximum Gasteiger partial charge on any atom is 0.362 e. The molecule has 1 amide bonds. The molecule has 19 heavy (non-hydrogen) atoms. The SMILES string of the molecule is C[n+]1ccccc1NC(=O)C[N+]12CCN(CC1)CC2. The zero-order valence-electron chi connectivity index (χ0n) is 11.5. The van der Waals surface area contributed by atoms with Gasteiger partial charge in [0.15, 0.2) is 6.54 Å². The van der Waals surface area contributed by atoms with E-state index in [-0.39, 0.29) is 5.91 Å². The summed E-state index contributed by atoms with van der Waals surface area (Å²) < 4.78 is 2.91. The number of carbonyl (C=O) groups is 1. The Balaban J connectivity index is 1.64. The number of nitrogens with zero attached hydrogens (tertiary/aromatic N) is 3. The lowest BCUT2D eigenvalue weighted by Crippen LogP contribution is -2.68. The zero-order valence-corrected chi connectivity index (χ0v) is 11.5. The third kappa shape index (κ3) is 2.62. The number of carbonyl (C=O) groups excluding carboxylic acids is 1. The van der Waals surface area contributed by atoms with Crippen LogP contribution in [0.1, 0.15) is 0 Å². The standard InChI is InChI=1S/C14H21N4O/c1-16-5-3-2-4-13(16)15-14(19)12-18-9-6-17(7-10-18)8-11-18/h2-5H,6-12H2,1H3/q+1/p+1. The Bertz CT molecular complexity index is 466. The molecule has 1 aromatic rings. The molecule has 4 heterocycles. The molecule has 102 valence electrons. The Labute approximate surface area is 114 Å². The predicted molar refractivity (Wildman–Crippen MR) is 72.4 cm³/mol. The molecule has 5 nitrogen and oxygen atoms in total. The van der Waals surface area contributed by atoms with E-state index in [4.69, 9.17) is 0 Å². The van der Waals surface area contributed by atoms with Crippen molar-refractivity contribution in [2.75, 3.05) is 51.1 Å². The second-order valence-electron chi connectivity index (χ2n) is 5.76. The molecule has 3 aliphatic rings. The monoisotopic (exact) mass is 262 g/mol. The number of amides is 1. The Morgan fingerprint density at radius 3 is 2.63 bits per heavy atom. The van der Waals surface area contributed by atoms with Gasteiger partial charge in [-0.25, -0.2) is 14.7 Å². The lowest BCUT2D eigenvalue weighted by molar-refractivity contribution is -0.933. The van der Waals surface area contributed by atoms with Crippen LogP contribution in [-0.2, 0) is 11.8 Å². The molecular weight excluding hydrogens is 240 g/mol.